The van der Waals surface area contributed by atoms with Gasteiger partial charge >= 0.3 is 0 Å². The maximum absolute atomic E-state index is 12.1. The van der Waals surface area contributed by atoms with Gasteiger partial charge < -0.3 is 14.7 Å². The Kier molecular flexibility index (Phi) is 5.11. The normalized spacial score (nSPS) is 15.4. The molecule has 0 bridgehead atoms. The molecule has 0 spiro atoms. The molecule has 29 heavy (non-hydrogen) atoms. The molecule has 1 atom stereocenters. The monoisotopic (exact) mass is 394 g/mol. The largest absolute Gasteiger partial charge is 0.339 e. The van der Waals surface area contributed by atoms with Crippen LogP contribution in [0, 0.1) is 0 Å². The van der Waals surface area contributed by atoms with Crippen LogP contribution >= 0.6 is 0 Å². The van der Waals surface area contributed by atoms with Crippen molar-refractivity contribution in [2.24, 2.45) is 7.05 Å². The molecule has 0 aliphatic carbocycles. The number of nitrogens with zero attached hydrogens (tertiary/aromatic N) is 5. The number of carbonyl (C=O) groups is 2. The smallest absolute Gasteiger partial charge is 0.233 e. The molecule has 9 nitrogen and oxygen atoms in total. The van der Waals surface area contributed by atoms with E-state index in [0.29, 0.717) is 30.5 Å². The number of anilines is 2. The van der Waals surface area contributed by atoms with Crippen molar-refractivity contribution in [2.75, 3.05) is 16.8 Å². The molecule has 1 unspecified atom stereocenters. The number of nitrogens with one attached hydrogen (secondary N) is 1. The lowest BCUT2D eigenvalue weighted by molar-refractivity contribution is -0.117. The Hall–Kier alpha value is -3.49. The first-order valence-electron chi connectivity index (χ1n) is 9.47. The molecule has 4 rings (SSSR count). The zero-order valence-electron chi connectivity index (χ0n) is 16.3. The summed E-state index contributed by atoms with van der Waals surface area (Å²) in [6.45, 7) is 2.24. The third-order valence-electron chi connectivity index (χ3n) is 5.07. The van der Waals surface area contributed by atoms with Crippen LogP contribution in [0.3, 0.4) is 0 Å². The van der Waals surface area contributed by atoms with Gasteiger partial charge in [0, 0.05) is 44.6 Å². The quantitative estimate of drug-likeness (QED) is 0.686. The highest BCUT2D eigenvalue weighted by Crippen LogP contribution is 2.38. The minimum atomic E-state index is -0.234. The predicted molar refractivity (Wildman–Crippen MR) is 105 cm³/mol. The maximum Gasteiger partial charge on any atom is 0.233 e. The molecule has 0 saturated heterocycles. The first-order chi connectivity index (χ1) is 14.0. The predicted octanol–water partition coefficient (Wildman–Crippen LogP) is 2.07. The van der Waals surface area contributed by atoms with Crippen LogP contribution in [0.1, 0.15) is 36.5 Å². The Morgan fingerprint density at radius 2 is 2.10 bits per heavy atom. The highest BCUT2D eigenvalue weighted by atomic mass is 16.5. The zero-order valence-corrected chi connectivity index (χ0v) is 16.3. The van der Waals surface area contributed by atoms with Crippen LogP contribution in [-0.2, 0) is 29.5 Å². The molecule has 1 aromatic carbocycles. The van der Waals surface area contributed by atoms with Gasteiger partial charge in [0.2, 0.25) is 17.7 Å². The van der Waals surface area contributed by atoms with Crippen molar-refractivity contribution in [3.63, 3.8) is 0 Å². The molecule has 150 valence electrons. The Balaban J connectivity index is 1.35. The number of aryl methyl sites for hydroxylation is 2. The van der Waals surface area contributed by atoms with E-state index in [1.807, 2.05) is 23.1 Å². The zero-order chi connectivity index (χ0) is 20.4. The Morgan fingerprint density at radius 1 is 1.28 bits per heavy atom. The van der Waals surface area contributed by atoms with Gasteiger partial charge in [-0.2, -0.15) is 10.1 Å². The summed E-state index contributed by atoms with van der Waals surface area (Å²) in [5.74, 6) is 1.47. The molecule has 1 N–H and O–H groups in total. The minimum Gasteiger partial charge on any atom is -0.339 e. The standard InChI is InChI=1S/C20H22N6O3/c1-13(27)26-12-14(15-5-3-4-6-16(15)26)7-8-20-22-17(24-29-20)11-19(28)23-18-9-10-21-25(18)2/h3-6,9-10,14H,7-8,11-12H2,1-2H3,(H,23,28). The van der Waals surface area contributed by atoms with Gasteiger partial charge in [-0.25, -0.2) is 0 Å². The van der Waals surface area contributed by atoms with Crippen LogP contribution in [0.4, 0.5) is 11.5 Å². The number of hydrogen-bond acceptors (Lipinski definition) is 6. The minimum absolute atomic E-state index is 0.0268. The van der Waals surface area contributed by atoms with Crippen molar-refractivity contribution in [3.05, 3.63) is 53.8 Å². The molecule has 0 fully saturated rings. The lowest BCUT2D eigenvalue weighted by Gasteiger charge is -2.14. The maximum atomic E-state index is 12.1. The van der Waals surface area contributed by atoms with Gasteiger partial charge in [-0.15, -0.1) is 0 Å². The third kappa shape index (κ3) is 4.03. The third-order valence-corrected chi connectivity index (χ3v) is 5.07. The highest BCUT2D eigenvalue weighted by Gasteiger charge is 2.30. The van der Waals surface area contributed by atoms with Gasteiger partial charge in [0.25, 0.3) is 0 Å². The summed E-state index contributed by atoms with van der Waals surface area (Å²) in [4.78, 5) is 30.2. The van der Waals surface area contributed by atoms with E-state index in [9.17, 15) is 9.59 Å². The van der Waals surface area contributed by atoms with E-state index >= 15 is 0 Å². The fourth-order valence-corrected chi connectivity index (χ4v) is 3.63. The summed E-state index contributed by atoms with van der Waals surface area (Å²) in [5.41, 5.74) is 2.14. The molecule has 0 saturated carbocycles. The highest BCUT2D eigenvalue weighted by molar-refractivity contribution is 5.94. The number of benzene rings is 1. The molecule has 1 aliphatic heterocycles. The number of aromatic nitrogens is 4. The second-order valence-corrected chi connectivity index (χ2v) is 7.09. The average Bonchev–Trinajstić information content (AvgIpc) is 3.40. The molecule has 2 amide bonds. The van der Waals surface area contributed by atoms with Crippen molar-refractivity contribution in [1.29, 1.82) is 0 Å². The molecule has 0 radical (unpaired) electrons. The summed E-state index contributed by atoms with van der Waals surface area (Å²) in [6.07, 6.45) is 3.00. The van der Waals surface area contributed by atoms with Crippen LogP contribution in [0.15, 0.2) is 41.1 Å². The van der Waals surface area contributed by atoms with E-state index in [1.165, 1.54) is 0 Å². The van der Waals surface area contributed by atoms with Crippen molar-refractivity contribution >= 4 is 23.3 Å². The van der Waals surface area contributed by atoms with E-state index in [0.717, 1.165) is 17.7 Å². The van der Waals surface area contributed by atoms with Gasteiger partial charge in [0.1, 0.15) is 5.82 Å². The molecule has 2 aromatic heterocycles. The summed E-state index contributed by atoms with van der Waals surface area (Å²) in [6, 6.07) is 9.68. The van der Waals surface area contributed by atoms with Crippen molar-refractivity contribution in [2.45, 2.75) is 32.1 Å². The first-order valence-corrected chi connectivity index (χ1v) is 9.47. The number of hydrogen-bond donors (Lipinski definition) is 1. The van der Waals surface area contributed by atoms with Crippen LogP contribution in [0.25, 0.3) is 0 Å². The molecule has 3 heterocycles. The fraction of sp³-hybridized carbons (Fsp3) is 0.350. The van der Waals surface area contributed by atoms with Crippen LogP contribution in [-0.4, -0.2) is 38.3 Å². The summed E-state index contributed by atoms with van der Waals surface area (Å²) >= 11 is 0. The van der Waals surface area contributed by atoms with Gasteiger partial charge in [-0.05, 0) is 18.1 Å². The Bertz CT molecular complexity index is 1040. The van der Waals surface area contributed by atoms with E-state index in [4.69, 9.17) is 4.52 Å². The van der Waals surface area contributed by atoms with Gasteiger partial charge in [0.15, 0.2) is 5.82 Å². The number of fused-ring (bicyclic) bond motifs is 1. The SMILES string of the molecule is CC(=O)N1CC(CCc2nc(CC(=O)Nc3ccnn3C)no2)c2ccccc21. The second kappa shape index (κ2) is 7.86. The molecule has 3 aromatic rings. The molecule has 9 heteroatoms. The summed E-state index contributed by atoms with van der Waals surface area (Å²) in [5, 5.41) is 10.7. The molecule has 1 aliphatic rings. The van der Waals surface area contributed by atoms with E-state index in [-0.39, 0.29) is 24.2 Å². The van der Waals surface area contributed by atoms with E-state index < -0.39 is 0 Å². The summed E-state index contributed by atoms with van der Waals surface area (Å²) < 4.78 is 6.88. The Morgan fingerprint density at radius 3 is 2.86 bits per heavy atom. The van der Waals surface area contributed by atoms with E-state index in [1.54, 1.807) is 30.9 Å². The number of rotatable bonds is 6. The molecular formula is C20H22N6O3. The van der Waals surface area contributed by atoms with Crippen LogP contribution < -0.4 is 10.2 Å². The summed E-state index contributed by atoms with van der Waals surface area (Å²) in [7, 11) is 1.75. The van der Waals surface area contributed by atoms with Gasteiger partial charge in [-0.1, -0.05) is 23.4 Å². The lowest BCUT2D eigenvalue weighted by atomic mass is 9.96. The topological polar surface area (TPSA) is 106 Å². The fourth-order valence-electron chi connectivity index (χ4n) is 3.63. The van der Waals surface area contributed by atoms with Crippen molar-refractivity contribution in [1.82, 2.24) is 19.9 Å². The number of carbonyl (C=O) groups excluding carboxylic acids is 2. The van der Waals surface area contributed by atoms with Crippen LogP contribution in [0.2, 0.25) is 0 Å². The lowest BCUT2D eigenvalue weighted by Crippen LogP contribution is -2.27. The number of amides is 2. The average molecular weight is 394 g/mol. The Labute approximate surface area is 167 Å². The number of para-hydroxylation sites is 1. The van der Waals surface area contributed by atoms with Crippen molar-refractivity contribution in [3.8, 4) is 0 Å². The molecular weight excluding hydrogens is 372 g/mol. The van der Waals surface area contributed by atoms with Gasteiger partial charge in [0.05, 0.1) is 12.6 Å². The van der Waals surface area contributed by atoms with Crippen LogP contribution in [0.5, 0.6) is 0 Å². The van der Waals surface area contributed by atoms with E-state index in [2.05, 4.69) is 26.6 Å². The van der Waals surface area contributed by atoms with Crippen molar-refractivity contribution < 1.29 is 14.1 Å². The first kappa shape index (κ1) is 18.9. The second-order valence-electron chi connectivity index (χ2n) is 7.09. The van der Waals surface area contributed by atoms with Gasteiger partial charge in [-0.3, -0.25) is 14.3 Å².